The number of carbonyl (C=O) groups excluding carboxylic acids is 2. The fourth-order valence-corrected chi connectivity index (χ4v) is 5.24. The lowest BCUT2D eigenvalue weighted by atomic mass is 9.94. The molecule has 0 aliphatic carbocycles. The molecule has 33 heavy (non-hydrogen) atoms. The summed E-state index contributed by atoms with van der Waals surface area (Å²) in [6.45, 7) is 6.52. The molecule has 182 valence electrons. The SMILES string of the molecule is COc1ccc(Cl)cc1C(=O)N1CCC(C(=O)NCC(C2CCOC2)N2CCOCC2)CC1. The number of morpholine rings is 1. The van der Waals surface area contributed by atoms with Crippen LogP contribution in [-0.2, 0) is 14.3 Å². The summed E-state index contributed by atoms with van der Waals surface area (Å²) in [7, 11) is 1.54. The molecule has 0 radical (unpaired) electrons. The van der Waals surface area contributed by atoms with E-state index in [9.17, 15) is 9.59 Å². The van der Waals surface area contributed by atoms with Gasteiger partial charge in [-0.3, -0.25) is 14.5 Å². The number of ether oxygens (including phenoxy) is 3. The molecule has 9 heteroatoms. The van der Waals surface area contributed by atoms with Gasteiger partial charge in [-0.25, -0.2) is 0 Å². The minimum absolute atomic E-state index is 0.0829. The lowest BCUT2D eigenvalue weighted by Crippen LogP contribution is -2.53. The Labute approximate surface area is 200 Å². The first-order valence-electron chi connectivity index (χ1n) is 11.9. The molecule has 1 N–H and O–H groups in total. The number of benzene rings is 1. The molecular weight excluding hydrogens is 446 g/mol. The summed E-state index contributed by atoms with van der Waals surface area (Å²) in [6.07, 6.45) is 2.33. The van der Waals surface area contributed by atoms with Gasteiger partial charge in [-0.2, -0.15) is 0 Å². The van der Waals surface area contributed by atoms with Gasteiger partial charge in [-0.05, 0) is 37.5 Å². The molecular formula is C24H34ClN3O5. The van der Waals surface area contributed by atoms with Crippen LogP contribution in [0.5, 0.6) is 5.75 Å². The lowest BCUT2D eigenvalue weighted by Gasteiger charge is -2.38. The molecule has 2 unspecified atom stereocenters. The van der Waals surface area contributed by atoms with E-state index in [2.05, 4.69) is 10.2 Å². The Morgan fingerprint density at radius 2 is 1.88 bits per heavy atom. The van der Waals surface area contributed by atoms with Gasteiger partial charge in [-0.15, -0.1) is 0 Å². The van der Waals surface area contributed by atoms with E-state index in [-0.39, 0.29) is 23.8 Å². The van der Waals surface area contributed by atoms with E-state index in [1.54, 1.807) is 30.2 Å². The first-order valence-corrected chi connectivity index (χ1v) is 12.2. The third-order valence-corrected chi connectivity index (χ3v) is 7.29. The second-order valence-corrected chi connectivity index (χ2v) is 9.43. The van der Waals surface area contributed by atoms with Crippen LogP contribution in [0, 0.1) is 11.8 Å². The number of halogens is 1. The summed E-state index contributed by atoms with van der Waals surface area (Å²) in [5, 5.41) is 3.71. The van der Waals surface area contributed by atoms with Crippen molar-refractivity contribution in [2.45, 2.75) is 25.3 Å². The van der Waals surface area contributed by atoms with Crippen molar-refractivity contribution in [3.05, 3.63) is 28.8 Å². The Morgan fingerprint density at radius 3 is 2.55 bits per heavy atom. The largest absolute Gasteiger partial charge is 0.496 e. The van der Waals surface area contributed by atoms with Gasteiger partial charge in [0, 0.05) is 62.2 Å². The standard InChI is InChI=1S/C24H34ClN3O5/c1-31-22-3-2-19(25)14-20(22)24(30)28-7-4-17(5-8-28)23(29)26-15-21(18-6-11-33-16-18)27-9-12-32-13-10-27/h2-3,14,17-18,21H,4-13,15-16H2,1H3,(H,26,29). The number of carbonyl (C=O) groups is 2. The fourth-order valence-electron chi connectivity index (χ4n) is 5.07. The number of rotatable bonds is 7. The highest BCUT2D eigenvalue weighted by Gasteiger charge is 2.33. The van der Waals surface area contributed by atoms with Crippen molar-refractivity contribution in [2.24, 2.45) is 11.8 Å². The molecule has 0 aromatic heterocycles. The predicted octanol–water partition coefficient (Wildman–Crippen LogP) is 2.05. The molecule has 3 aliphatic heterocycles. The Balaban J connectivity index is 1.30. The van der Waals surface area contributed by atoms with Gasteiger partial charge < -0.3 is 24.4 Å². The van der Waals surface area contributed by atoms with Crippen LogP contribution in [0.1, 0.15) is 29.6 Å². The smallest absolute Gasteiger partial charge is 0.257 e. The fraction of sp³-hybridized carbons (Fsp3) is 0.667. The van der Waals surface area contributed by atoms with Gasteiger partial charge in [0.1, 0.15) is 5.75 Å². The minimum atomic E-state index is -0.109. The van der Waals surface area contributed by atoms with Crippen LogP contribution in [0.25, 0.3) is 0 Å². The van der Waals surface area contributed by atoms with Crippen LogP contribution in [0.15, 0.2) is 18.2 Å². The van der Waals surface area contributed by atoms with E-state index in [1.165, 1.54) is 0 Å². The molecule has 0 saturated carbocycles. The maximum Gasteiger partial charge on any atom is 0.257 e. The number of likely N-dealkylation sites (tertiary alicyclic amines) is 1. The second kappa shape index (κ2) is 11.5. The van der Waals surface area contributed by atoms with Gasteiger partial charge in [0.15, 0.2) is 0 Å². The first-order chi connectivity index (χ1) is 16.1. The van der Waals surface area contributed by atoms with Crippen LogP contribution < -0.4 is 10.1 Å². The lowest BCUT2D eigenvalue weighted by molar-refractivity contribution is -0.126. The minimum Gasteiger partial charge on any atom is -0.496 e. The molecule has 3 aliphatic rings. The number of amides is 2. The van der Waals surface area contributed by atoms with Crippen molar-refractivity contribution < 1.29 is 23.8 Å². The Bertz CT molecular complexity index is 818. The highest BCUT2D eigenvalue weighted by Crippen LogP contribution is 2.27. The zero-order valence-electron chi connectivity index (χ0n) is 19.3. The number of hydrogen-bond donors (Lipinski definition) is 1. The van der Waals surface area contributed by atoms with Crippen molar-refractivity contribution in [2.75, 3.05) is 66.3 Å². The van der Waals surface area contributed by atoms with Crippen LogP contribution in [0.4, 0.5) is 0 Å². The summed E-state index contributed by atoms with van der Waals surface area (Å²) in [6, 6.07) is 5.32. The molecule has 4 rings (SSSR count). The number of hydrogen-bond acceptors (Lipinski definition) is 6. The average Bonchev–Trinajstić information content (AvgIpc) is 3.39. The van der Waals surface area contributed by atoms with Crippen molar-refractivity contribution in [3.8, 4) is 5.75 Å². The van der Waals surface area contributed by atoms with E-state index < -0.39 is 0 Å². The third kappa shape index (κ3) is 5.98. The Morgan fingerprint density at radius 1 is 1.12 bits per heavy atom. The van der Waals surface area contributed by atoms with Crippen LogP contribution in [0.3, 0.4) is 0 Å². The molecule has 2 amide bonds. The molecule has 1 aromatic carbocycles. The summed E-state index contributed by atoms with van der Waals surface area (Å²) in [5.74, 6) is 0.840. The molecule has 2 atom stereocenters. The number of piperidine rings is 1. The zero-order valence-corrected chi connectivity index (χ0v) is 20.0. The summed E-state index contributed by atoms with van der Waals surface area (Å²) < 4.78 is 16.5. The highest BCUT2D eigenvalue weighted by molar-refractivity contribution is 6.31. The van der Waals surface area contributed by atoms with E-state index in [4.69, 9.17) is 25.8 Å². The highest BCUT2D eigenvalue weighted by atomic mass is 35.5. The van der Waals surface area contributed by atoms with E-state index in [1.807, 2.05) is 0 Å². The predicted molar refractivity (Wildman–Crippen MR) is 125 cm³/mol. The summed E-state index contributed by atoms with van der Waals surface area (Å²) in [5.41, 5.74) is 0.458. The van der Waals surface area contributed by atoms with Crippen molar-refractivity contribution in [1.82, 2.24) is 15.1 Å². The molecule has 3 saturated heterocycles. The Kier molecular flexibility index (Phi) is 8.46. The number of nitrogens with zero attached hydrogens (tertiary/aromatic N) is 2. The van der Waals surface area contributed by atoms with Crippen LogP contribution >= 0.6 is 11.6 Å². The maximum atomic E-state index is 13.0. The van der Waals surface area contributed by atoms with Gasteiger partial charge in [-0.1, -0.05) is 11.6 Å². The number of nitrogens with one attached hydrogen (secondary N) is 1. The molecule has 1 aromatic rings. The molecule has 8 nitrogen and oxygen atoms in total. The van der Waals surface area contributed by atoms with E-state index in [0.717, 1.165) is 45.9 Å². The molecule has 3 fully saturated rings. The first kappa shape index (κ1) is 24.3. The second-order valence-electron chi connectivity index (χ2n) is 9.00. The zero-order chi connectivity index (χ0) is 23.2. The Hall–Kier alpha value is -1.87. The quantitative estimate of drug-likeness (QED) is 0.644. The van der Waals surface area contributed by atoms with Crippen LogP contribution in [-0.4, -0.2) is 93.9 Å². The molecule has 0 bridgehead atoms. The molecule has 3 heterocycles. The van der Waals surface area contributed by atoms with Crippen LogP contribution in [0.2, 0.25) is 5.02 Å². The van der Waals surface area contributed by atoms with Gasteiger partial charge in [0.2, 0.25) is 5.91 Å². The maximum absolute atomic E-state index is 13.0. The monoisotopic (exact) mass is 479 g/mol. The normalized spacial score (nSPS) is 23.3. The summed E-state index contributed by atoms with van der Waals surface area (Å²) in [4.78, 5) is 30.2. The van der Waals surface area contributed by atoms with E-state index >= 15 is 0 Å². The van der Waals surface area contributed by atoms with Crippen molar-refractivity contribution in [3.63, 3.8) is 0 Å². The number of methoxy groups -OCH3 is 1. The summed E-state index contributed by atoms with van der Waals surface area (Å²) >= 11 is 6.09. The van der Waals surface area contributed by atoms with Gasteiger partial charge in [0.25, 0.3) is 5.91 Å². The molecule has 0 spiro atoms. The van der Waals surface area contributed by atoms with E-state index in [0.29, 0.717) is 54.7 Å². The van der Waals surface area contributed by atoms with Crippen molar-refractivity contribution >= 4 is 23.4 Å². The third-order valence-electron chi connectivity index (χ3n) is 7.05. The van der Waals surface area contributed by atoms with Gasteiger partial charge >= 0.3 is 0 Å². The van der Waals surface area contributed by atoms with Crippen molar-refractivity contribution in [1.29, 1.82) is 0 Å². The topological polar surface area (TPSA) is 80.3 Å². The average molecular weight is 480 g/mol. The van der Waals surface area contributed by atoms with Gasteiger partial charge in [0.05, 0.1) is 32.5 Å².